The highest BCUT2D eigenvalue weighted by Gasteiger charge is 2.74. The first-order chi connectivity index (χ1) is 14.2. The summed E-state index contributed by atoms with van der Waals surface area (Å²) in [7, 11) is 1.28. The Morgan fingerprint density at radius 2 is 1.97 bits per heavy atom. The Morgan fingerprint density at radius 1 is 1.20 bits per heavy atom. The highest BCUT2D eigenvalue weighted by atomic mass is 16.8. The summed E-state index contributed by atoms with van der Waals surface area (Å²) in [5, 5.41) is 11.5. The number of carbonyl (C=O) groups excluding carboxylic acids is 3. The summed E-state index contributed by atoms with van der Waals surface area (Å²) in [6, 6.07) is 0. The molecule has 0 aromatic rings. The molecule has 5 aliphatic rings. The number of esters is 1. The summed E-state index contributed by atoms with van der Waals surface area (Å²) in [6.07, 6.45) is 4.07. The van der Waals surface area contributed by atoms with Crippen LogP contribution in [-0.2, 0) is 23.8 Å². The van der Waals surface area contributed by atoms with Crippen molar-refractivity contribution in [2.75, 3.05) is 7.11 Å². The molecule has 0 radical (unpaired) electrons. The highest BCUT2D eigenvalue weighted by Crippen LogP contribution is 2.69. The van der Waals surface area contributed by atoms with Crippen molar-refractivity contribution in [3.8, 4) is 0 Å². The maximum atomic E-state index is 12.5. The van der Waals surface area contributed by atoms with Crippen molar-refractivity contribution in [2.24, 2.45) is 28.6 Å². The Bertz CT molecular complexity index is 848. The average molecular weight is 418 g/mol. The number of rotatable bonds is 1. The van der Waals surface area contributed by atoms with Crippen LogP contribution in [-0.4, -0.2) is 47.9 Å². The number of methoxy groups -OCH3 is 1. The van der Waals surface area contributed by atoms with Crippen molar-refractivity contribution in [2.45, 2.75) is 76.6 Å². The van der Waals surface area contributed by atoms with E-state index in [1.165, 1.54) is 12.7 Å². The molecule has 0 unspecified atom stereocenters. The van der Waals surface area contributed by atoms with Gasteiger partial charge in [-0.25, -0.2) is 9.59 Å². The number of aliphatic hydroxyl groups is 1. The minimum Gasteiger partial charge on any atom is -0.466 e. The molecule has 3 saturated carbocycles. The molecule has 0 amide bonds. The Balaban J connectivity index is 1.55. The van der Waals surface area contributed by atoms with Gasteiger partial charge in [-0.15, -0.1) is 0 Å². The van der Waals surface area contributed by atoms with Gasteiger partial charge in [-0.2, -0.15) is 0 Å². The van der Waals surface area contributed by atoms with E-state index in [2.05, 4.69) is 6.92 Å². The van der Waals surface area contributed by atoms with E-state index in [1.807, 2.05) is 13.0 Å². The zero-order valence-corrected chi connectivity index (χ0v) is 17.8. The molecular formula is C23H30O7. The first-order valence-electron chi connectivity index (χ1n) is 11.1. The first-order valence-corrected chi connectivity index (χ1v) is 11.1. The number of allylic oxidation sites excluding steroid dienone is 1. The molecule has 164 valence electrons. The third-order valence-electron chi connectivity index (χ3n) is 9.40. The van der Waals surface area contributed by atoms with Crippen LogP contribution in [0.3, 0.4) is 0 Å². The predicted octanol–water partition coefficient (Wildman–Crippen LogP) is 2.94. The molecule has 7 nitrogen and oxygen atoms in total. The van der Waals surface area contributed by atoms with Gasteiger partial charge >= 0.3 is 12.1 Å². The normalized spacial score (nSPS) is 49.5. The van der Waals surface area contributed by atoms with Crippen LogP contribution in [0, 0.1) is 28.6 Å². The van der Waals surface area contributed by atoms with Gasteiger partial charge in [0.05, 0.1) is 13.2 Å². The molecule has 1 spiro atoms. The lowest BCUT2D eigenvalue weighted by molar-refractivity contribution is -0.183. The summed E-state index contributed by atoms with van der Waals surface area (Å²) >= 11 is 0. The Hall–Kier alpha value is -1.89. The standard InChI is InChI=1S/C23H30O7/c1-21-8-6-13(24)10-12(21)4-5-14-15-7-9-23(22(15,2)11-16(25)17(14)21)18(19(26)28-3)29-20(27)30-23/h10,14-18,25H,4-9,11H2,1-3H3/t14-,15-,16-,17+,18+,21-,22-,23-/m0/s1. The smallest absolute Gasteiger partial charge is 0.466 e. The molecule has 1 N–H and O–H groups in total. The van der Waals surface area contributed by atoms with E-state index in [1.54, 1.807) is 0 Å². The number of ketones is 1. The fraction of sp³-hybridized carbons (Fsp3) is 0.783. The first kappa shape index (κ1) is 20.0. The summed E-state index contributed by atoms with van der Waals surface area (Å²) in [5.74, 6) is 0.0841. The molecule has 7 heteroatoms. The second-order valence-corrected chi connectivity index (χ2v) is 10.4. The fourth-order valence-electron chi connectivity index (χ4n) is 8.07. The van der Waals surface area contributed by atoms with Gasteiger partial charge in [0.25, 0.3) is 0 Å². The van der Waals surface area contributed by atoms with Gasteiger partial charge in [-0.1, -0.05) is 19.4 Å². The largest absolute Gasteiger partial charge is 0.510 e. The zero-order chi connectivity index (χ0) is 21.5. The summed E-state index contributed by atoms with van der Waals surface area (Å²) in [5.41, 5.74) is -0.690. The van der Waals surface area contributed by atoms with E-state index >= 15 is 0 Å². The number of cyclic esters (lactones) is 1. The molecule has 8 atom stereocenters. The van der Waals surface area contributed by atoms with Crippen molar-refractivity contribution in [1.29, 1.82) is 0 Å². The van der Waals surface area contributed by atoms with Gasteiger partial charge in [-0.3, -0.25) is 4.79 Å². The molecular weight excluding hydrogens is 388 g/mol. The lowest BCUT2D eigenvalue weighted by Crippen LogP contribution is -2.63. The molecule has 4 fully saturated rings. The van der Waals surface area contributed by atoms with E-state index in [-0.39, 0.29) is 29.0 Å². The second kappa shape index (κ2) is 6.31. The zero-order valence-electron chi connectivity index (χ0n) is 17.8. The van der Waals surface area contributed by atoms with Crippen molar-refractivity contribution >= 4 is 17.9 Å². The van der Waals surface area contributed by atoms with Crippen LogP contribution in [0.4, 0.5) is 4.79 Å². The lowest BCUT2D eigenvalue weighted by Gasteiger charge is -2.60. The third-order valence-corrected chi connectivity index (χ3v) is 9.40. The van der Waals surface area contributed by atoms with Crippen molar-refractivity contribution in [3.05, 3.63) is 11.6 Å². The number of aliphatic hydroxyl groups excluding tert-OH is 1. The molecule has 0 aromatic carbocycles. The van der Waals surface area contributed by atoms with Crippen LogP contribution in [0.2, 0.25) is 0 Å². The number of carbonyl (C=O) groups is 3. The molecule has 0 bridgehead atoms. The molecule has 30 heavy (non-hydrogen) atoms. The average Bonchev–Trinajstić information content (AvgIpc) is 3.18. The summed E-state index contributed by atoms with van der Waals surface area (Å²) < 4.78 is 16.0. The highest BCUT2D eigenvalue weighted by molar-refractivity contribution is 5.91. The monoisotopic (exact) mass is 418 g/mol. The van der Waals surface area contributed by atoms with E-state index < -0.39 is 35.3 Å². The van der Waals surface area contributed by atoms with Crippen molar-refractivity contribution < 1.29 is 33.7 Å². The minimum atomic E-state index is -1.10. The van der Waals surface area contributed by atoms with Gasteiger partial charge in [-0.05, 0) is 67.8 Å². The van der Waals surface area contributed by atoms with Gasteiger partial charge in [0.2, 0.25) is 6.10 Å². The van der Waals surface area contributed by atoms with E-state index in [0.29, 0.717) is 19.3 Å². The summed E-state index contributed by atoms with van der Waals surface area (Å²) in [4.78, 5) is 36.6. The Morgan fingerprint density at radius 3 is 2.70 bits per heavy atom. The maximum absolute atomic E-state index is 12.5. The van der Waals surface area contributed by atoms with Crippen LogP contribution in [0.5, 0.6) is 0 Å². The fourth-order valence-corrected chi connectivity index (χ4v) is 8.07. The van der Waals surface area contributed by atoms with Crippen molar-refractivity contribution in [3.63, 3.8) is 0 Å². The molecule has 4 aliphatic carbocycles. The number of hydrogen-bond donors (Lipinski definition) is 1. The predicted molar refractivity (Wildman–Crippen MR) is 104 cm³/mol. The number of fused-ring (bicyclic) bond motifs is 6. The van der Waals surface area contributed by atoms with Crippen LogP contribution in [0.25, 0.3) is 0 Å². The molecule has 1 heterocycles. The third kappa shape index (κ3) is 2.33. The van der Waals surface area contributed by atoms with Crippen molar-refractivity contribution in [1.82, 2.24) is 0 Å². The van der Waals surface area contributed by atoms with Gasteiger partial charge < -0.3 is 19.3 Å². The van der Waals surface area contributed by atoms with Crippen LogP contribution in [0.15, 0.2) is 11.6 Å². The number of hydrogen-bond acceptors (Lipinski definition) is 7. The second-order valence-electron chi connectivity index (χ2n) is 10.4. The lowest BCUT2D eigenvalue weighted by atomic mass is 9.45. The quantitative estimate of drug-likeness (QED) is 0.654. The molecule has 5 rings (SSSR count). The van der Waals surface area contributed by atoms with Crippen LogP contribution >= 0.6 is 0 Å². The van der Waals surface area contributed by atoms with E-state index in [9.17, 15) is 19.5 Å². The van der Waals surface area contributed by atoms with E-state index in [0.717, 1.165) is 25.7 Å². The molecule has 1 aliphatic heterocycles. The Kier molecular flexibility index (Phi) is 4.22. The molecule has 0 aromatic heterocycles. The van der Waals surface area contributed by atoms with Crippen LogP contribution < -0.4 is 0 Å². The Labute approximate surface area is 176 Å². The summed E-state index contributed by atoms with van der Waals surface area (Å²) in [6.45, 7) is 4.24. The minimum absolute atomic E-state index is 0.0634. The van der Waals surface area contributed by atoms with Gasteiger partial charge in [0.1, 0.15) is 0 Å². The SMILES string of the molecule is COC(=O)[C@H]1OC(=O)O[C@@]12CC[C@H]1[C@@H]3CCC4=CC(=O)CC[C@]4(C)[C@H]3[C@@H](O)C[C@@]12C. The maximum Gasteiger partial charge on any atom is 0.510 e. The van der Waals surface area contributed by atoms with E-state index in [4.69, 9.17) is 14.2 Å². The topological polar surface area (TPSA) is 99.1 Å². The van der Waals surface area contributed by atoms with Crippen LogP contribution in [0.1, 0.15) is 58.8 Å². The molecule has 1 saturated heterocycles. The van der Waals surface area contributed by atoms with Gasteiger partial charge in [0, 0.05) is 11.8 Å². The van der Waals surface area contributed by atoms with Gasteiger partial charge in [0.15, 0.2) is 11.4 Å². The number of ether oxygens (including phenoxy) is 3.